The summed E-state index contributed by atoms with van der Waals surface area (Å²) in [6.45, 7) is 11.6. The fourth-order valence-corrected chi connectivity index (χ4v) is 8.49. The van der Waals surface area contributed by atoms with E-state index < -0.39 is 18.0 Å². The molecule has 0 spiro atoms. The summed E-state index contributed by atoms with van der Waals surface area (Å²) in [6, 6.07) is 10.7. The Kier molecular flexibility index (Phi) is 8.57. The maximum absolute atomic E-state index is 10.8. The Hall–Kier alpha value is -1.76. The topological polar surface area (TPSA) is 73.2 Å². The molecule has 0 bridgehead atoms. The number of aliphatic hydroxyl groups is 3. The second-order valence-corrected chi connectivity index (χ2v) is 13.4. The third kappa shape index (κ3) is 6.28. The number of allylic oxidation sites excluding steroid dienone is 3. The molecule has 2 unspecified atom stereocenters. The van der Waals surface area contributed by atoms with E-state index in [4.69, 9.17) is 4.84 Å². The molecule has 8 atom stereocenters. The average molecular weight is 536 g/mol. The molecule has 5 rings (SSSR count). The third-order valence-electron chi connectivity index (χ3n) is 10.4. The van der Waals surface area contributed by atoms with Gasteiger partial charge in [0.05, 0.1) is 12.2 Å². The number of hydroxylamine groups is 2. The fraction of sp³-hybridized carbons (Fsp3) is 0.647. The minimum atomic E-state index is -1.10. The minimum Gasteiger partial charge on any atom is -0.393 e. The Labute approximate surface area is 235 Å². The van der Waals surface area contributed by atoms with Crippen LogP contribution in [0.25, 0.3) is 0 Å². The Morgan fingerprint density at radius 3 is 2.69 bits per heavy atom. The zero-order valence-electron chi connectivity index (χ0n) is 24.2. The van der Waals surface area contributed by atoms with Crippen molar-refractivity contribution in [2.24, 2.45) is 23.2 Å². The smallest absolute Gasteiger partial charge is 0.184 e. The van der Waals surface area contributed by atoms with Gasteiger partial charge >= 0.3 is 0 Å². The normalized spacial score (nSPS) is 40.4. The lowest BCUT2D eigenvalue weighted by Gasteiger charge is -2.45. The van der Waals surface area contributed by atoms with Gasteiger partial charge in [-0.3, -0.25) is 4.84 Å². The number of benzene rings is 1. The van der Waals surface area contributed by atoms with Crippen molar-refractivity contribution >= 4 is 0 Å². The lowest BCUT2D eigenvalue weighted by molar-refractivity contribution is -0.277. The molecule has 0 radical (unpaired) electrons. The van der Waals surface area contributed by atoms with Crippen LogP contribution in [0.5, 0.6) is 0 Å². The summed E-state index contributed by atoms with van der Waals surface area (Å²) in [5.74, 6) is 0.678. The van der Waals surface area contributed by atoms with E-state index in [2.05, 4.69) is 61.9 Å². The van der Waals surface area contributed by atoms with Crippen LogP contribution in [0.15, 0.2) is 65.8 Å². The van der Waals surface area contributed by atoms with Gasteiger partial charge in [0.25, 0.3) is 0 Å². The number of rotatable bonds is 7. The lowest BCUT2D eigenvalue weighted by Crippen LogP contribution is -2.38. The Balaban J connectivity index is 1.26. The summed E-state index contributed by atoms with van der Waals surface area (Å²) in [5, 5.41) is 33.3. The Bertz CT molecular complexity index is 1080. The highest BCUT2D eigenvalue weighted by atomic mass is 16.8. The molecular weight excluding hydrogens is 486 g/mol. The largest absolute Gasteiger partial charge is 0.393 e. The van der Waals surface area contributed by atoms with Crippen molar-refractivity contribution in [3.63, 3.8) is 0 Å². The van der Waals surface area contributed by atoms with Gasteiger partial charge in [-0.25, -0.2) is 0 Å². The van der Waals surface area contributed by atoms with E-state index in [0.29, 0.717) is 37.0 Å². The average Bonchev–Trinajstić information content (AvgIpc) is 3.39. The monoisotopic (exact) mass is 535 g/mol. The van der Waals surface area contributed by atoms with Gasteiger partial charge in [0.15, 0.2) is 5.79 Å². The molecule has 1 aromatic rings. The first-order chi connectivity index (χ1) is 18.6. The van der Waals surface area contributed by atoms with Gasteiger partial charge in [-0.2, -0.15) is 5.06 Å². The number of hydrogen-bond donors (Lipinski definition) is 3. The standard InChI is InChI=1S/C34H49NO4/c1-23(19-28-22-34(4,38)39-35(28)18-16-25-9-6-5-7-10-25)30-14-15-31-26(11-8-17-33(30,31)3)12-13-27-20-29(36)21-32(37)24(27)2/h5-7,9-10,12-13,23,28-32,36-38H,2,8,11,14-22H2,1,3-4H3/b26-12+,27-13-/t23-,28?,29-,30-,31+,32+,33-,34?/m1/s1. The highest BCUT2D eigenvalue weighted by molar-refractivity contribution is 5.38. The van der Waals surface area contributed by atoms with Gasteiger partial charge in [-0.05, 0) is 98.2 Å². The SMILES string of the molecule is C=C1/C(=C\C=C2/CCC[C@]3(C)[C@@H]([C@H](C)CC4CC(C)(O)ON4CCc4ccccc4)CC[C@@H]23)C[C@@H](O)C[C@@H]1O. The second-order valence-electron chi connectivity index (χ2n) is 13.4. The van der Waals surface area contributed by atoms with Crippen LogP contribution >= 0.6 is 0 Å². The summed E-state index contributed by atoms with van der Waals surface area (Å²) in [7, 11) is 0. The molecule has 5 heteroatoms. The van der Waals surface area contributed by atoms with Gasteiger partial charge < -0.3 is 15.3 Å². The molecule has 1 aliphatic heterocycles. The summed E-state index contributed by atoms with van der Waals surface area (Å²) >= 11 is 0. The van der Waals surface area contributed by atoms with Gasteiger partial charge in [-0.15, -0.1) is 0 Å². The summed E-state index contributed by atoms with van der Waals surface area (Å²) in [6.07, 6.45) is 13.0. The molecule has 3 saturated carbocycles. The molecule has 3 aliphatic carbocycles. The molecule has 1 saturated heterocycles. The van der Waals surface area contributed by atoms with Crippen molar-refractivity contribution in [1.29, 1.82) is 0 Å². The van der Waals surface area contributed by atoms with Crippen LogP contribution in [0.2, 0.25) is 0 Å². The van der Waals surface area contributed by atoms with Crippen molar-refractivity contribution in [2.45, 2.75) is 109 Å². The van der Waals surface area contributed by atoms with Gasteiger partial charge in [-0.1, -0.05) is 68.5 Å². The zero-order chi connectivity index (χ0) is 27.8. The maximum atomic E-state index is 10.8. The summed E-state index contributed by atoms with van der Waals surface area (Å²) in [5.41, 5.74) is 4.86. The van der Waals surface area contributed by atoms with Gasteiger partial charge in [0, 0.05) is 25.4 Å². The maximum Gasteiger partial charge on any atom is 0.184 e. The number of fused-ring (bicyclic) bond motifs is 1. The molecule has 3 N–H and O–H groups in total. The molecule has 1 aromatic carbocycles. The van der Waals surface area contributed by atoms with Gasteiger partial charge in [0.1, 0.15) is 0 Å². The molecule has 0 amide bonds. The highest BCUT2D eigenvalue weighted by Crippen LogP contribution is 2.60. The van der Waals surface area contributed by atoms with Crippen LogP contribution in [0, 0.1) is 23.2 Å². The van der Waals surface area contributed by atoms with Crippen LogP contribution in [0.1, 0.15) is 84.1 Å². The first-order valence-electron chi connectivity index (χ1n) is 15.2. The first kappa shape index (κ1) is 28.8. The van der Waals surface area contributed by atoms with E-state index in [1.54, 1.807) is 6.92 Å². The first-order valence-corrected chi connectivity index (χ1v) is 15.2. The number of hydrogen-bond acceptors (Lipinski definition) is 5. The number of nitrogens with zero attached hydrogens (tertiary/aromatic N) is 1. The van der Waals surface area contributed by atoms with E-state index in [1.807, 2.05) is 6.07 Å². The van der Waals surface area contributed by atoms with E-state index >= 15 is 0 Å². The summed E-state index contributed by atoms with van der Waals surface area (Å²) in [4.78, 5) is 6.04. The van der Waals surface area contributed by atoms with Crippen molar-refractivity contribution in [1.82, 2.24) is 5.06 Å². The Morgan fingerprint density at radius 2 is 1.92 bits per heavy atom. The van der Waals surface area contributed by atoms with Crippen molar-refractivity contribution < 1.29 is 20.2 Å². The van der Waals surface area contributed by atoms with Gasteiger partial charge in [0.2, 0.25) is 0 Å². The van der Waals surface area contributed by atoms with Crippen LogP contribution in [0.3, 0.4) is 0 Å². The molecule has 4 fully saturated rings. The van der Waals surface area contributed by atoms with E-state index in [9.17, 15) is 15.3 Å². The minimum absolute atomic E-state index is 0.222. The Morgan fingerprint density at radius 1 is 1.15 bits per heavy atom. The summed E-state index contributed by atoms with van der Waals surface area (Å²) < 4.78 is 0. The molecule has 5 nitrogen and oxygen atoms in total. The zero-order valence-corrected chi connectivity index (χ0v) is 24.2. The predicted molar refractivity (Wildman–Crippen MR) is 155 cm³/mol. The third-order valence-corrected chi connectivity index (χ3v) is 10.4. The van der Waals surface area contributed by atoms with E-state index in [1.165, 1.54) is 36.8 Å². The van der Waals surface area contributed by atoms with Crippen molar-refractivity contribution in [2.75, 3.05) is 6.54 Å². The van der Waals surface area contributed by atoms with Crippen molar-refractivity contribution in [3.8, 4) is 0 Å². The van der Waals surface area contributed by atoms with E-state index in [-0.39, 0.29) is 11.5 Å². The highest BCUT2D eigenvalue weighted by Gasteiger charge is 2.52. The van der Waals surface area contributed by atoms with Crippen molar-refractivity contribution in [3.05, 3.63) is 71.3 Å². The number of aliphatic hydroxyl groups excluding tert-OH is 2. The lowest BCUT2D eigenvalue weighted by atomic mass is 9.60. The van der Waals surface area contributed by atoms with Crippen LogP contribution < -0.4 is 0 Å². The van der Waals surface area contributed by atoms with Crippen LogP contribution in [-0.4, -0.2) is 51.0 Å². The molecule has 214 valence electrons. The van der Waals surface area contributed by atoms with Crippen LogP contribution in [-0.2, 0) is 11.3 Å². The molecule has 39 heavy (non-hydrogen) atoms. The predicted octanol–water partition coefficient (Wildman–Crippen LogP) is 6.11. The molecule has 1 heterocycles. The van der Waals surface area contributed by atoms with E-state index in [0.717, 1.165) is 37.0 Å². The second kappa shape index (κ2) is 11.6. The fourth-order valence-electron chi connectivity index (χ4n) is 8.49. The molecule has 0 aromatic heterocycles. The molecular formula is C34H49NO4. The van der Waals surface area contributed by atoms with Crippen LogP contribution in [0.4, 0.5) is 0 Å². The molecule has 4 aliphatic rings. The quantitative estimate of drug-likeness (QED) is 0.393.